The van der Waals surface area contributed by atoms with E-state index in [1.54, 1.807) is 0 Å². The van der Waals surface area contributed by atoms with Gasteiger partial charge >= 0.3 is 0 Å². The molecule has 0 aromatic heterocycles. The fourth-order valence-corrected chi connectivity index (χ4v) is 2.29. The van der Waals surface area contributed by atoms with Crippen molar-refractivity contribution in [3.8, 4) is 0 Å². The third kappa shape index (κ3) is 4.20. The van der Waals surface area contributed by atoms with Gasteiger partial charge in [0, 0.05) is 13.0 Å². The highest BCUT2D eigenvalue weighted by atomic mass is 32.1. The number of hydrogen-bond donors (Lipinski definition) is 2. The zero-order valence-electron chi connectivity index (χ0n) is 8.59. The van der Waals surface area contributed by atoms with Crippen molar-refractivity contribution >= 4 is 17.2 Å². The van der Waals surface area contributed by atoms with Crippen LogP contribution in [0.15, 0.2) is 12.2 Å². The molecule has 0 heterocycles. The molecule has 0 bridgehead atoms. The first-order valence-corrected chi connectivity index (χ1v) is 5.67. The normalized spacial score (nSPS) is 22.1. The fraction of sp³-hybridized carbons (Fsp3) is 0.727. The standard InChI is InChI=1S/C11H19NOS/c1-9-3-2-4-10(7-9)8-11(14)12-5-6-13/h10,13H,1-8H2,(H,12,14). The zero-order valence-corrected chi connectivity index (χ0v) is 9.41. The molecule has 1 atom stereocenters. The molecule has 2 nitrogen and oxygen atoms in total. The van der Waals surface area contributed by atoms with Gasteiger partial charge in [-0.25, -0.2) is 0 Å². The van der Waals surface area contributed by atoms with Gasteiger partial charge in [-0.1, -0.05) is 24.4 Å². The van der Waals surface area contributed by atoms with Crippen LogP contribution in [0.25, 0.3) is 0 Å². The van der Waals surface area contributed by atoms with Crippen LogP contribution >= 0.6 is 12.2 Å². The maximum atomic E-state index is 8.63. The molecule has 0 amide bonds. The highest BCUT2D eigenvalue weighted by molar-refractivity contribution is 7.80. The molecule has 1 aliphatic carbocycles. The van der Waals surface area contributed by atoms with Crippen molar-refractivity contribution in [2.75, 3.05) is 13.2 Å². The van der Waals surface area contributed by atoms with E-state index in [-0.39, 0.29) is 6.61 Å². The largest absolute Gasteiger partial charge is 0.395 e. The van der Waals surface area contributed by atoms with Gasteiger partial charge in [-0.3, -0.25) is 0 Å². The Bertz CT molecular complexity index is 215. The van der Waals surface area contributed by atoms with E-state index >= 15 is 0 Å². The second-order valence-corrected chi connectivity index (χ2v) is 4.48. The van der Waals surface area contributed by atoms with Gasteiger partial charge in [-0.05, 0) is 31.6 Å². The monoisotopic (exact) mass is 213 g/mol. The summed E-state index contributed by atoms with van der Waals surface area (Å²) >= 11 is 5.19. The van der Waals surface area contributed by atoms with Gasteiger partial charge in [-0.15, -0.1) is 0 Å². The topological polar surface area (TPSA) is 32.3 Å². The predicted octanol–water partition coefficient (Wildman–Crippen LogP) is 2.03. The number of nitrogens with one attached hydrogen (secondary N) is 1. The molecule has 2 N–H and O–H groups in total. The van der Waals surface area contributed by atoms with Crippen LogP contribution in [-0.4, -0.2) is 23.2 Å². The first-order valence-electron chi connectivity index (χ1n) is 5.26. The summed E-state index contributed by atoms with van der Waals surface area (Å²) < 4.78 is 0. The van der Waals surface area contributed by atoms with Crippen LogP contribution in [0, 0.1) is 5.92 Å². The molecule has 3 heteroatoms. The molecule has 80 valence electrons. The number of allylic oxidation sites excluding steroid dienone is 1. The molecule has 1 fully saturated rings. The highest BCUT2D eigenvalue weighted by Crippen LogP contribution is 2.29. The number of rotatable bonds is 4. The van der Waals surface area contributed by atoms with Crippen LogP contribution in [0.5, 0.6) is 0 Å². The number of aliphatic hydroxyl groups is 1. The zero-order chi connectivity index (χ0) is 10.4. The Morgan fingerprint density at radius 2 is 2.43 bits per heavy atom. The van der Waals surface area contributed by atoms with Crippen LogP contribution in [0.3, 0.4) is 0 Å². The molecule has 0 spiro atoms. The molecule has 0 radical (unpaired) electrons. The molecule has 1 rings (SSSR count). The van der Waals surface area contributed by atoms with Gasteiger partial charge in [0.1, 0.15) is 0 Å². The first-order chi connectivity index (χ1) is 6.72. The highest BCUT2D eigenvalue weighted by Gasteiger charge is 2.16. The number of hydrogen-bond acceptors (Lipinski definition) is 2. The molecule has 0 aromatic rings. The predicted molar refractivity (Wildman–Crippen MR) is 63.4 cm³/mol. The maximum Gasteiger partial charge on any atom is 0.0757 e. The summed E-state index contributed by atoms with van der Waals surface area (Å²) in [4.78, 5) is 0.888. The summed E-state index contributed by atoms with van der Waals surface area (Å²) in [6, 6.07) is 0. The van der Waals surface area contributed by atoms with Crippen molar-refractivity contribution in [3.63, 3.8) is 0 Å². The molecule has 0 aromatic carbocycles. The quantitative estimate of drug-likeness (QED) is 0.553. The Hall–Kier alpha value is -0.410. The van der Waals surface area contributed by atoms with E-state index in [1.807, 2.05) is 0 Å². The summed E-state index contributed by atoms with van der Waals surface area (Å²) in [7, 11) is 0. The van der Waals surface area contributed by atoms with Gasteiger partial charge < -0.3 is 10.4 Å². The number of aliphatic hydroxyl groups excluding tert-OH is 1. The molecule has 1 aliphatic rings. The Morgan fingerprint density at radius 1 is 1.64 bits per heavy atom. The average Bonchev–Trinajstić information content (AvgIpc) is 2.15. The molecular formula is C11H19NOS. The fourth-order valence-electron chi connectivity index (χ4n) is 1.96. The minimum absolute atomic E-state index is 0.150. The molecule has 14 heavy (non-hydrogen) atoms. The van der Waals surface area contributed by atoms with E-state index in [4.69, 9.17) is 17.3 Å². The van der Waals surface area contributed by atoms with Gasteiger partial charge in [0.15, 0.2) is 0 Å². The van der Waals surface area contributed by atoms with Crippen molar-refractivity contribution in [3.05, 3.63) is 12.2 Å². The van der Waals surface area contributed by atoms with Gasteiger partial charge in [0.25, 0.3) is 0 Å². The maximum absolute atomic E-state index is 8.63. The minimum atomic E-state index is 0.150. The van der Waals surface area contributed by atoms with E-state index < -0.39 is 0 Å². The molecule has 0 aliphatic heterocycles. The van der Waals surface area contributed by atoms with E-state index in [1.165, 1.54) is 24.8 Å². The lowest BCUT2D eigenvalue weighted by molar-refractivity contribution is 0.300. The van der Waals surface area contributed by atoms with Gasteiger partial charge in [0.05, 0.1) is 11.6 Å². The molecule has 1 saturated carbocycles. The van der Waals surface area contributed by atoms with Crippen LogP contribution in [0.4, 0.5) is 0 Å². The first kappa shape index (κ1) is 11.7. The molecule has 1 unspecified atom stereocenters. The smallest absolute Gasteiger partial charge is 0.0757 e. The summed E-state index contributed by atoms with van der Waals surface area (Å²) in [5, 5.41) is 11.7. The third-order valence-electron chi connectivity index (χ3n) is 2.63. The Balaban J connectivity index is 2.22. The third-order valence-corrected chi connectivity index (χ3v) is 2.94. The van der Waals surface area contributed by atoms with Gasteiger partial charge in [-0.2, -0.15) is 0 Å². The molecule has 0 saturated heterocycles. The lowest BCUT2D eigenvalue weighted by atomic mass is 9.84. The van der Waals surface area contributed by atoms with Crippen LogP contribution in [0.1, 0.15) is 32.1 Å². The lowest BCUT2D eigenvalue weighted by Crippen LogP contribution is -2.27. The molecular weight excluding hydrogens is 194 g/mol. The summed E-state index contributed by atoms with van der Waals surface area (Å²) in [5.41, 5.74) is 1.37. The Labute approximate surface area is 91.4 Å². The van der Waals surface area contributed by atoms with Crippen molar-refractivity contribution in [2.24, 2.45) is 5.92 Å². The summed E-state index contributed by atoms with van der Waals surface area (Å²) in [6.45, 7) is 4.76. The second-order valence-electron chi connectivity index (χ2n) is 3.99. The van der Waals surface area contributed by atoms with Gasteiger partial charge in [0.2, 0.25) is 0 Å². The summed E-state index contributed by atoms with van der Waals surface area (Å²) in [6.07, 6.45) is 5.79. The minimum Gasteiger partial charge on any atom is -0.395 e. The Kier molecular flexibility index (Phi) is 5.12. The van der Waals surface area contributed by atoms with Crippen LogP contribution in [0.2, 0.25) is 0 Å². The van der Waals surface area contributed by atoms with Crippen molar-refractivity contribution in [1.29, 1.82) is 0 Å². The van der Waals surface area contributed by atoms with Crippen LogP contribution < -0.4 is 5.32 Å². The second kappa shape index (κ2) is 6.14. The Morgan fingerprint density at radius 3 is 3.07 bits per heavy atom. The lowest BCUT2D eigenvalue weighted by Gasteiger charge is -2.23. The van der Waals surface area contributed by atoms with E-state index in [2.05, 4.69) is 11.9 Å². The van der Waals surface area contributed by atoms with Crippen LogP contribution in [-0.2, 0) is 0 Å². The SMILES string of the molecule is C=C1CCCC(CC(=S)NCCO)C1. The summed E-state index contributed by atoms with van der Waals surface area (Å²) in [5.74, 6) is 0.676. The van der Waals surface area contributed by atoms with E-state index in [0.717, 1.165) is 17.8 Å². The average molecular weight is 213 g/mol. The number of thiocarbonyl (C=S) groups is 1. The van der Waals surface area contributed by atoms with Crippen molar-refractivity contribution in [2.45, 2.75) is 32.1 Å². The van der Waals surface area contributed by atoms with Crippen molar-refractivity contribution in [1.82, 2.24) is 5.32 Å². The van der Waals surface area contributed by atoms with E-state index in [0.29, 0.717) is 12.5 Å². The van der Waals surface area contributed by atoms with Crippen molar-refractivity contribution < 1.29 is 5.11 Å². The van der Waals surface area contributed by atoms with E-state index in [9.17, 15) is 0 Å².